The summed E-state index contributed by atoms with van der Waals surface area (Å²) < 4.78 is 0. The fourth-order valence-corrected chi connectivity index (χ4v) is 3.18. The second-order valence-corrected chi connectivity index (χ2v) is 5.65. The molecule has 3 heteroatoms. The van der Waals surface area contributed by atoms with Crippen molar-refractivity contribution in [2.24, 2.45) is 0 Å². The van der Waals surface area contributed by atoms with Gasteiger partial charge in [0.15, 0.2) is 0 Å². The highest BCUT2D eigenvalue weighted by molar-refractivity contribution is 7.99. The number of aromatic carboxylic acids is 1. The predicted molar refractivity (Wildman–Crippen MR) is 81.2 cm³/mol. The Kier molecular flexibility index (Phi) is 4.86. The molecule has 0 heterocycles. The first-order chi connectivity index (χ1) is 9.24. The number of fused-ring (bicyclic) bond motifs is 1. The molecule has 0 bridgehead atoms. The molecule has 0 aliphatic heterocycles. The zero-order valence-corrected chi connectivity index (χ0v) is 11.9. The minimum Gasteiger partial charge on any atom is -0.478 e. The van der Waals surface area contributed by atoms with Crippen molar-refractivity contribution in [3.05, 3.63) is 42.0 Å². The average Bonchev–Trinajstić information content (AvgIpc) is 2.43. The summed E-state index contributed by atoms with van der Waals surface area (Å²) in [6.45, 7) is 2.20. The molecule has 1 N–H and O–H groups in total. The molecule has 2 aromatic rings. The first-order valence-electron chi connectivity index (χ1n) is 6.62. The minimum atomic E-state index is -0.862. The zero-order chi connectivity index (χ0) is 13.7. The Morgan fingerprint density at radius 3 is 2.53 bits per heavy atom. The average molecular weight is 274 g/mol. The highest BCUT2D eigenvalue weighted by Crippen LogP contribution is 2.30. The van der Waals surface area contributed by atoms with Gasteiger partial charge in [-0.2, -0.15) is 0 Å². The quantitative estimate of drug-likeness (QED) is 0.606. The highest BCUT2D eigenvalue weighted by atomic mass is 32.2. The summed E-state index contributed by atoms with van der Waals surface area (Å²) >= 11 is 1.82. The van der Waals surface area contributed by atoms with Crippen LogP contribution >= 0.6 is 11.8 Å². The van der Waals surface area contributed by atoms with Crippen LogP contribution in [-0.2, 0) is 0 Å². The molecule has 0 unspecified atom stereocenters. The van der Waals surface area contributed by atoms with E-state index in [1.54, 1.807) is 6.07 Å². The normalized spacial score (nSPS) is 10.8. The Bertz CT molecular complexity index is 578. The summed E-state index contributed by atoms with van der Waals surface area (Å²) in [6.07, 6.45) is 3.67. The molecule has 0 aromatic heterocycles. The van der Waals surface area contributed by atoms with E-state index in [2.05, 4.69) is 6.92 Å². The van der Waals surface area contributed by atoms with Gasteiger partial charge in [0.05, 0.1) is 5.56 Å². The number of hydrogen-bond donors (Lipinski definition) is 1. The highest BCUT2D eigenvalue weighted by Gasteiger charge is 2.10. The van der Waals surface area contributed by atoms with E-state index >= 15 is 0 Å². The van der Waals surface area contributed by atoms with Crippen molar-refractivity contribution in [3.63, 3.8) is 0 Å². The monoisotopic (exact) mass is 274 g/mol. The van der Waals surface area contributed by atoms with E-state index in [0.29, 0.717) is 5.56 Å². The van der Waals surface area contributed by atoms with Gasteiger partial charge in [-0.05, 0) is 35.1 Å². The van der Waals surface area contributed by atoms with Crippen LogP contribution in [0.15, 0.2) is 41.3 Å². The van der Waals surface area contributed by atoms with Gasteiger partial charge in [-0.25, -0.2) is 4.79 Å². The Morgan fingerprint density at radius 1 is 1.11 bits per heavy atom. The Labute approximate surface area is 117 Å². The molecule has 0 aliphatic rings. The molecular formula is C16H18O2S. The third kappa shape index (κ3) is 3.29. The fourth-order valence-electron chi connectivity index (χ4n) is 2.12. The summed E-state index contributed by atoms with van der Waals surface area (Å²) in [7, 11) is 0. The van der Waals surface area contributed by atoms with Gasteiger partial charge in [0.2, 0.25) is 0 Å². The van der Waals surface area contributed by atoms with E-state index < -0.39 is 5.97 Å². The fraction of sp³-hybridized carbons (Fsp3) is 0.312. The van der Waals surface area contributed by atoms with Crippen molar-refractivity contribution in [2.45, 2.75) is 31.1 Å². The molecule has 2 nitrogen and oxygen atoms in total. The van der Waals surface area contributed by atoms with Gasteiger partial charge >= 0.3 is 5.97 Å². The summed E-state index contributed by atoms with van der Waals surface area (Å²) in [5, 5.41) is 11.1. The topological polar surface area (TPSA) is 37.3 Å². The van der Waals surface area contributed by atoms with Crippen LogP contribution in [0.25, 0.3) is 10.8 Å². The number of rotatable bonds is 6. The number of thioether (sulfide) groups is 1. The van der Waals surface area contributed by atoms with Gasteiger partial charge in [0, 0.05) is 4.90 Å². The van der Waals surface area contributed by atoms with Crippen molar-refractivity contribution in [2.75, 3.05) is 5.75 Å². The molecule has 0 aliphatic carbocycles. The van der Waals surface area contributed by atoms with E-state index in [4.69, 9.17) is 0 Å². The molecule has 2 aromatic carbocycles. The Morgan fingerprint density at radius 2 is 1.84 bits per heavy atom. The van der Waals surface area contributed by atoms with Gasteiger partial charge in [-0.15, -0.1) is 11.8 Å². The van der Waals surface area contributed by atoms with E-state index in [0.717, 1.165) is 16.5 Å². The number of benzene rings is 2. The smallest absolute Gasteiger partial charge is 0.336 e. The van der Waals surface area contributed by atoms with Crippen LogP contribution in [0.2, 0.25) is 0 Å². The van der Waals surface area contributed by atoms with Crippen LogP contribution in [0.4, 0.5) is 0 Å². The Hall–Kier alpha value is -1.48. The maximum atomic E-state index is 11.2. The number of carboxylic acids is 1. The molecule has 19 heavy (non-hydrogen) atoms. The summed E-state index contributed by atoms with van der Waals surface area (Å²) in [6, 6.07) is 11.4. The second-order valence-electron chi connectivity index (χ2n) is 4.52. The largest absolute Gasteiger partial charge is 0.478 e. The molecule has 0 atom stereocenters. The van der Waals surface area contributed by atoms with Gasteiger partial charge in [0.25, 0.3) is 0 Å². The molecule has 0 radical (unpaired) electrons. The van der Waals surface area contributed by atoms with Crippen LogP contribution in [-0.4, -0.2) is 16.8 Å². The lowest BCUT2D eigenvalue weighted by Gasteiger charge is -2.08. The molecule has 0 amide bonds. The van der Waals surface area contributed by atoms with Crippen LogP contribution < -0.4 is 0 Å². The van der Waals surface area contributed by atoms with Crippen LogP contribution in [0.5, 0.6) is 0 Å². The van der Waals surface area contributed by atoms with Gasteiger partial charge in [-0.1, -0.05) is 44.0 Å². The summed E-state index contributed by atoms with van der Waals surface area (Å²) in [5.74, 6) is 0.225. The maximum Gasteiger partial charge on any atom is 0.336 e. The van der Waals surface area contributed by atoms with Crippen molar-refractivity contribution < 1.29 is 9.90 Å². The predicted octanol–water partition coefficient (Wildman–Crippen LogP) is 4.82. The van der Waals surface area contributed by atoms with Crippen LogP contribution in [0.3, 0.4) is 0 Å². The first kappa shape index (κ1) is 13.9. The number of carboxylic acid groups (broad SMARTS) is 1. The molecule has 0 saturated carbocycles. The van der Waals surface area contributed by atoms with Crippen LogP contribution in [0.1, 0.15) is 36.5 Å². The molecule has 0 saturated heterocycles. The first-order valence-corrected chi connectivity index (χ1v) is 7.60. The molecular weight excluding hydrogens is 256 g/mol. The minimum absolute atomic E-state index is 0.383. The summed E-state index contributed by atoms with van der Waals surface area (Å²) in [4.78, 5) is 12.4. The van der Waals surface area contributed by atoms with Gasteiger partial charge < -0.3 is 5.11 Å². The van der Waals surface area contributed by atoms with Gasteiger partial charge in [0.1, 0.15) is 0 Å². The maximum absolute atomic E-state index is 11.2. The van der Waals surface area contributed by atoms with E-state index in [1.165, 1.54) is 24.2 Å². The third-order valence-electron chi connectivity index (χ3n) is 3.12. The van der Waals surface area contributed by atoms with Crippen molar-refractivity contribution in [1.82, 2.24) is 0 Å². The van der Waals surface area contributed by atoms with E-state index in [-0.39, 0.29) is 0 Å². The second kappa shape index (κ2) is 6.62. The standard InChI is InChI=1S/C16H18O2S/c1-2-3-6-11-19-15-10-9-14(16(17)18)12-7-4-5-8-13(12)15/h4-5,7-10H,2-3,6,11H2,1H3,(H,17,18). The van der Waals surface area contributed by atoms with E-state index in [9.17, 15) is 9.90 Å². The molecule has 2 rings (SSSR count). The van der Waals surface area contributed by atoms with Crippen LogP contribution in [0, 0.1) is 0 Å². The molecule has 0 spiro atoms. The van der Waals surface area contributed by atoms with E-state index in [1.807, 2.05) is 42.1 Å². The number of carbonyl (C=O) groups is 1. The SMILES string of the molecule is CCCCCSc1ccc(C(=O)O)c2ccccc12. The molecule has 0 fully saturated rings. The Balaban J connectivity index is 2.30. The number of hydrogen-bond acceptors (Lipinski definition) is 2. The summed E-state index contributed by atoms with van der Waals surface area (Å²) in [5.41, 5.74) is 0.383. The lowest BCUT2D eigenvalue weighted by atomic mass is 10.0. The van der Waals surface area contributed by atoms with Gasteiger partial charge in [-0.3, -0.25) is 0 Å². The molecule has 100 valence electrons. The zero-order valence-electron chi connectivity index (χ0n) is 11.1. The third-order valence-corrected chi connectivity index (χ3v) is 4.28. The van der Waals surface area contributed by atoms with Crippen molar-refractivity contribution in [1.29, 1.82) is 0 Å². The lowest BCUT2D eigenvalue weighted by Crippen LogP contribution is -1.97. The number of unbranched alkanes of at least 4 members (excludes halogenated alkanes) is 2. The van der Waals surface area contributed by atoms with Crippen molar-refractivity contribution >= 4 is 28.5 Å². The van der Waals surface area contributed by atoms with Crippen molar-refractivity contribution in [3.8, 4) is 0 Å². The lowest BCUT2D eigenvalue weighted by molar-refractivity contribution is 0.0699.